The molecule has 0 spiro atoms. The van der Waals surface area contributed by atoms with Crippen molar-refractivity contribution < 1.29 is 8.42 Å². The molecule has 2 aliphatic rings. The second-order valence-corrected chi connectivity index (χ2v) is 7.56. The smallest absolute Gasteiger partial charge is 0.260 e. The van der Waals surface area contributed by atoms with Crippen LogP contribution in [0.2, 0.25) is 0 Å². The van der Waals surface area contributed by atoms with E-state index in [1.807, 2.05) is 0 Å². The molecule has 19 heavy (non-hydrogen) atoms. The lowest BCUT2D eigenvalue weighted by molar-refractivity contribution is 0.129. The van der Waals surface area contributed by atoms with Gasteiger partial charge in [0.05, 0.1) is 6.20 Å². The molecule has 1 aromatic rings. The molecule has 106 valence electrons. The van der Waals surface area contributed by atoms with Gasteiger partial charge < -0.3 is 4.98 Å². The molecule has 0 amide bonds. The van der Waals surface area contributed by atoms with Crippen molar-refractivity contribution in [2.24, 2.45) is 5.92 Å². The lowest BCUT2D eigenvalue weighted by Gasteiger charge is -2.42. The molecule has 5 nitrogen and oxygen atoms in total. The highest BCUT2D eigenvalue weighted by atomic mass is 32.2. The molecule has 1 N–H and O–H groups in total. The lowest BCUT2D eigenvalue weighted by Crippen LogP contribution is -2.49. The summed E-state index contributed by atoms with van der Waals surface area (Å²) in [5.74, 6) is 1.21. The van der Waals surface area contributed by atoms with Crippen molar-refractivity contribution in [3.8, 4) is 0 Å². The van der Waals surface area contributed by atoms with E-state index < -0.39 is 10.0 Å². The molecule has 0 bridgehead atoms. The summed E-state index contributed by atoms with van der Waals surface area (Å²) in [6.07, 6.45) is 8.19. The van der Waals surface area contributed by atoms with Crippen LogP contribution < -0.4 is 0 Å². The first-order chi connectivity index (χ1) is 9.09. The number of nitrogens with one attached hydrogen (secondary N) is 1. The molecule has 0 aromatic carbocycles. The second-order valence-electron chi connectivity index (χ2n) is 5.70. The number of sulfonamides is 1. The van der Waals surface area contributed by atoms with Gasteiger partial charge in [-0.25, -0.2) is 13.4 Å². The number of hydrogen-bond acceptors (Lipinski definition) is 3. The van der Waals surface area contributed by atoms with Gasteiger partial charge in [-0.2, -0.15) is 4.31 Å². The molecule has 1 saturated heterocycles. The van der Waals surface area contributed by atoms with Crippen molar-refractivity contribution >= 4 is 10.0 Å². The third-order valence-corrected chi connectivity index (χ3v) is 6.29. The number of H-pyrrole nitrogens is 1. The lowest BCUT2D eigenvalue weighted by atomic mass is 9.79. The number of hydrogen-bond donors (Lipinski definition) is 1. The zero-order valence-corrected chi connectivity index (χ0v) is 12.1. The van der Waals surface area contributed by atoms with Crippen molar-refractivity contribution in [2.45, 2.75) is 56.5 Å². The highest BCUT2D eigenvalue weighted by Crippen LogP contribution is 2.37. The highest BCUT2D eigenvalue weighted by Gasteiger charge is 2.40. The third kappa shape index (κ3) is 2.31. The molecule has 1 aromatic heterocycles. The van der Waals surface area contributed by atoms with Gasteiger partial charge in [-0.15, -0.1) is 0 Å². The van der Waals surface area contributed by atoms with Crippen molar-refractivity contribution in [1.82, 2.24) is 14.3 Å². The van der Waals surface area contributed by atoms with Gasteiger partial charge in [0.15, 0.2) is 5.03 Å². The summed E-state index contributed by atoms with van der Waals surface area (Å²) >= 11 is 0. The highest BCUT2D eigenvalue weighted by molar-refractivity contribution is 7.89. The van der Waals surface area contributed by atoms with Crippen LogP contribution in [0.15, 0.2) is 11.2 Å². The molecule has 2 heterocycles. The van der Waals surface area contributed by atoms with Crippen LogP contribution in [-0.4, -0.2) is 35.3 Å². The van der Waals surface area contributed by atoms with Crippen LogP contribution in [-0.2, 0) is 10.0 Å². The Bertz CT molecular complexity index is 550. The van der Waals surface area contributed by atoms with Gasteiger partial charge in [-0.05, 0) is 38.5 Å². The van der Waals surface area contributed by atoms with Crippen LogP contribution in [0.3, 0.4) is 0 Å². The minimum absolute atomic E-state index is 0.205. The summed E-state index contributed by atoms with van der Waals surface area (Å²) in [5, 5.41) is 0.247. The van der Waals surface area contributed by atoms with Crippen molar-refractivity contribution in [2.75, 3.05) is 6.54 Å². The number of aromatic nitrogens is 2. The van der Waals surface area contributed by atoms with Crippen LogP contribution in [0.25, 0.3) is 0 Å². The van der Waals surface area contributed by atoms with E-state index in [-0.39, 0.29) is 11.1 Å². The number of piperidine rings is 1. The zero-order valence-electron chi connectivity index (χ0n) is 11.3. The molecule has 1 saturated carbocycles. The quantitative estimate of drug-likeness (QED) is 0.903. The Morgan fingerprint density at radius 2 is 2.00 bits per heavy atom. The van der Waals surface area contributed by atoms with Gasteiger partial charge in [0.25, 0.3) is 10.0 Å². The van der Waals surface area contributed by atoms with Crippen LogP contribution in [0.1, 0.15) is 44.3 Å². The first-order valence-corrected chi connectivity index (χ1v) is 8.56. The maximum atomic E-state index is 12.7. The molecule has 1 aliphatic heterocycles. The molecule has 2 atom stereocenters. The fourth-order valence-electron chi connectivity index (χ4n) is 3.53. The average Bonchev–Trinajstić information content (AvgIpc) is 2.85. The Morgan fingerprint density at radius 3 is 2.74 bits per heavy atom. The predicted octanol–water partition coefficient (Wildman–Crippen LogP) is 2.06. The van der Waals surface area contributed by atoms with Crippen molar-refractivity contribution in [3.63, 3.8) is 0 Å². The first-order valence-electron chi connectivity index (χ1n) is 7.12. The zero-order chi connectivity index (χ0) is 13.5. The van der Waals surface area contributed by atoms with E-state index in [0.717, 1.165) is 19.3 Å². The fraction of sp³-hybridized carbons (Fsp3) is 0.769. The monoisotopic (exact) mass is 283 g/mol. The maximum absolute atomic E-state index is 12.7. The number of nitrogens with zero attached hydrogens (tertiary/aromatic N) is 2. The summed E-state index contributed by atoms with van der Waals surface area (Å²) in [6, 6.07) is 0.205. The number of fused-ring (bicyclic) bond motifs is 1. The van der Waals surface area contributed by atoms with E-state index in [1.165, 1.54) is 25.5 Å². The fourth-order valence-corrected chi connectivity index (χ4v) is 5.25. The molecule has 0 unspecified atom stereocenters. The van der Waals surface area contributed by atoms with Gasteiger partial charge in [-0.1, -0.05) is 12.8 Å². The average molecular weight is 283 g/mol. The van der Waals surface area contributed by atoms with Gasteiger partial charge in [0.1, 0.15) is 5.82 Å². The number of aromatic amines is 1. The second kappa shape index (κ2) is 4.90. The summed E-state index contributed by atoms with van der Waals surface area (Å²) in [4.78, 5) is 6.89. The van der Waals surface area contributed by atoms with E-state index in [1.54, 1.807) is 11.2 Å². The Kier molecular flexibility index (Phi) is 3.39. The Balaban J connectivity index is 1.91. The van der Waals surface area contributed by atoms with Gasteiger partial charge in [0.2, 0.25) is 0 Å². The van der Waals surface area contributed by atoms with E-state index in [2.05, 4.69) is 9.97 Å². The molecule has 0 radical (unpaired) electrons. The van der Waals surface area contributed by atoms with E-state index >= 15 is 0 Å². The Morgan fingerprint density at radius 1 is 1.26 bits per heavy atom. The SMILES string of the molecule is Cc1ncc(S(=O)(=O)N2CCC[C@H]3CCCC[C@H]32)[nH]1. The normalized spacial score (nSPS) is 29.1. The molecule has 2 fully saturated rings. The Hall–Kier alpha value is -0.880. The van der Waals surface area contributed by atoms with Gasteiger partial charge in [0, 0.05) is 12.6 Å². The Labute approximate surface area is 114 Å². The predicted molar refractivity (Wildman–Crippen MR) is 72.2 cm³/mol. The molecule has 1 aliphatic carbocycles. The third-order valence-electron chi connectivity index (χ3n) is 4.46. The first kappa shape index (κ1) is 13.1. The van der Waals surface area contributed by atoms with Crippen molar-refractivity contribution in [3.05, 3.63) is 12.0 Å². The minimum Gasteiger partial charge on any atom is -0.332 e. The summed E-state index contributed by atoms with van der Waals surface area (Å²) in [5.41, 5.74) is 0. The van der Waals surface area contributed by atoms with Gasteiger partial charge in [-0.3, -0.25) is 0 Å². The summed E-state index contributed by atoms with van der Waals surface area (Å²) in [6.45, 7) is 2.43. The molecule has 6 heteroatoms. The largest absolute Gasteiger partial charge is 0.332 e. The number of imidazole rings is 1. The number of rotatable bonds is 2. The maximum Gasteiger partial charge on any atom is 0.260 e. The summed E-state index contributed by atoms with van der Waals surface area (Å²) in [7, 11) is -3.40. The molecular weight excluding hydrogens is 262 g/mol. The van der Waals surface area contributed by atoms with Crippen molar-refractivity contribution in [1.29, 1.82) is 0 Å². The van der Waals surface area contributed by atoms with Crippen LogP contribution in [0, 0.1) is 12.8 Å². The topological polar surface area (TPSA) is 66.1 Å². The standard InChI is InChI=1S/C13H21N3O2S/c1-10-14-9-13(15-10)19(17,18)16-8-4-6-11-5-2-3-7-12(11)16/h9,11-12H,2-8H2,1H3,(H,14,15)/t11-,12-/m1/s1. The van der Waals surface area contributed by atoms with Crippen LogP contribution in [0.5, 0.6) is 0 Å². The minimum atomic E-state index is -3.40. The van der Waals surface area contributed by atoms with Crippen LogP contribution >= 0.6 is 0 Å². The number of aryl methyl sites for hydroxylation is 1. The molecular formula is C13H21N3O2S. The van der Waals surface area contributed by atoms with E-state index in [9.17, 15) is 8.42 Å². The van der Waals surface area contributed by atoms with Crippen LogP contribution in [0.4, 0.5) is 0 Å². The van der Waals surface area contributed by atoms with E-state index in [4.69, 9.17) is 0 Å². The van der Waals surface area contributed by atoms with Gasteiger partial charge >= 0.3 is 0 Å². The van der Waals surface area contributed by atoms with E-state index in [0.29, 0.717) is 18.3 Å². The molecule has 3 rings (SSSR count). The summed E-state index contributed by atoms with van der Waals surface area (Å²) < 4.78 is 27.1.